The highest BCUT2D eigenvalue weighted by Gasteiger charge is 2.36. The summed E-state index contributed by atoms with van der Waals surface area (Å²) >= 11 is 0. The van der Waals surface area contributed by atoms with Crippen molar-refractivity contribution in [3.05, 3.63) is 54.1 Å². The number of rotatable bonds is 0. The van der Waals surface area contributed by atoms with Crippen LogP contribution in [0.3, 0.4) is 0 Å². The summed E-state index contributed by atoms with van der Waals surface area (Å²) in [5.74, 6) is 2.78. The zero-order valence-corrected chi connectivity index (χ0v) is 13.4. The molecule has 4 rings (SSSR count). The minimum absolute atomic E-state index is 0. The van der Waals surface area contributed by atoms with Gasteiger partial charge in [-0.3, -0.25) is 9.89 Å². The molecule has 2 heterocycles. The van der Waals surface area contributed by atoms with Gasteiger partial charge < -0.3 is 9.64 Å². The number of anilines is 1. The predicted octanol–water partition coefficient (Wildman–Crippen LogP) is 3.69. The van der Waals surface area contributed by atoms with E-state index in [0.29, 0.717) is 0 Å². The number of para-hydroxylation sites is 3. The molecule has 0 amide bonds. The predicted molar refractivity (Wildman–Crippen MR) is 91.4 cm³/mol. The highest BCUT2D eigenvalue weighted by Crippen LogP contribution is 2.46. The summed E-state index contributed by atoms with van der Waals surface area (Å²) in [4.78, 5) is 9.07. The first-order valence-corrected chi connectivity index (χ1v) is 7.12. The molecule has 2 aromatic rings. The normalized spacial score (nSPS) is 18.0. The van der Waals surface area contributed by atoms with Gasteiger partial charge in [-0.25, -0.2) is 0 Å². The summed E-state index contributed by atoms with van der Waals surface area (Å²) in [6.07, 6.45) is 0. The lowest BCUT2D eigenvalue weighted by Crippen LogP contribution is -2.39. The zero-order chi connectivity index (χ0) is 14.4. The lowest BCUT2D eigenvalue weighted by Gasteiger charge is -2.29. The Labute approximate surface area is 136 Å². The molecule has 1 unspecified atom stereocenters. The molecular weight excluding hydrogens is 298 g/mol. The molecule has 22 heavy (non-hydrogen) atoms. The number of hydrogen-bond donors (Lipinski definition) is 0. The van der Waals surface area contributed by atoms with Crippen LogP contribution in [0.5, 0.6) is 11.5 Å². The Morgan fingerprint density at radius 1 is 1.05 bits per heavy atom. The van der Waals surface area contributed by atoms with Crippen LogP contribution in [0.1, 0.15) is 11.6 Å². The molecule has 0 aliphatic carbocycles. The zero-order valence-electron chi connectivity index (χ0n) is 12.6. The van der Waals surface area contributed by atoms with E-state index in [1.54, 1.807) is 0 Å². The van der Waals surface area contributed by atoms with E-state index >= 15 is 0 Å². The van der Waals surface area contributed by atoms with E-state index in [0.717, 1.165) is 29.7 Å². The molecule has 2 aliphatic heterocycles. The molecule has 1 atom stereocenters. The van der Waals surface area contributed by atoms with Gasteiger partial charge in [0.2, 0.25) is 5.96 Å². The second-order valence-electron chi connectivity index (χ2n) is 5.53. The third-order valence-corrected chi connectivity index (χ3v) is 3.96. The molecule has 0 saturated heterocycles. The highest BCUT2D eigenvalue weighted by atomic mass is 35.5. The van der Waals surface area contributed by atoms with Gasteiger partial charge in [-0.2, -0.15) is 0 Å². The van der Waals surface area contributed by atoms with Crippen LogP contribution in [0.2, 0.25) is 0 Å². The molecule has 2 aromatic carbocycles. The maximum Gasteiger partial charge on any atom is 0.201 e. The molecule has 2 aliphatic rings. The molecule has 0 radical (unpaired) electrons. The lowest BCUT2D eigenvalue weighted by molar-refractivity contribution is 0.482. The Kier molecular flexibility index (Phi) is 3.71. The third kappa shape index (κ3) is 2.11. The van der Waals surface area contributed by atoms with Crippen molar-refractivity contribution in [1.82, 2.24) is 4.90 Å². The van der Waals surface area contributed by atoms with E-state index in [2.05, 4.69) is 28.0 Å². The van der Waals surface area contributed by atoms with Gasteiger partial charge in [0, 0.05) is 19.7 Å². The van der Waals surface area contributed by atoms with Gasteiger partial charge in [0.05, 0.1) is 18.3 Å². The van der Waals surface area contributed by atoms with E-state index in [1.165, 1.54) is 5.56 Å². The van der Waals surface area contributed by atoms with Gasteiger partial charge in [0.25, 0.3) is 0 Å². The molecular formula is C17H18ClN3O. The maximum atomic E-state index is 6.15. The number of ether oxygens (including phenoxy) is 1. The Morgan fingerprint density at radius 3 is 2.50 bits per heavy atom. The van der Waals surface area contributed by atoms with E-state index in [9.17, 15) is 0 Å². The minimum Gasteiger partial charge on any atom is -0.455 e. The summed E-state index contributed by atoms with van der Waals surface area (Å²) in [5, 5.41) is 0. The first-order chi connectivity index (χ1) is 10.3. The van der Waals surface area contributed by atoms with Crippen molar-refractivity contribution in [2.45, 2.75) is 6.04 Å². The summed E-state index contributed by atoms with van der Waals surface area (Å²) < 4.78 is 6.15. The van der Waals surface area contributed by atoms with Crippen LogP contribution in [0.25, 0.3) is 0 Å². The fourth-order valence-electron chi connectivity index (χ4n) is 3.05. The van der Waals surface area contributed by atoms with E-state index < -0.39 is 0 Å². The summed E-state index contributed by atoms with van der Waals surface area (Å²) in [6, 6.07) is 16.6. The lowest BCUT2D eigenvalue weighted by atomic mass is 10.1. The van der Waals surface area contributed by atoms with Gasteiger partial charge in [-0.1, -0.05) is 30.3 Å². The number of halogens is 1. The Bertz CT molecular complexity index is 729. The standard InChI is InChI=1S/C17H17N3O.ClH/c1-19(2)17-18-11-14-12-7-3-5-9-15(12)21-16-10-6-4-8-13(16)20(14)17;/h3-10,14H,11H2,1-2H3;1H. The molecule has 5 heteroatoms. The highest BCUT2D eigenvalue weighted by molar-refractivity contribution is 6.00. The van der Waals surface area contributed by atoms with Crippen molar-refractivity contribution in [2.24, 2.45) is 4.99 Å². The molecule has 0 saturated carbocycles. The average Bonchev–Trinajstić information content (AvgIpc) is 2.88. The largest absolute Gasteiger partial charge is 0.455 e. The summed E-state index contributed by atoms with van der Waals surface area (Å²) in [7, 11) is 4.06. The SMILES string of the molecule is CN(C)C1=NCC2c3ccccc3Oc3ccccc3N12.Cl. The number of guanidine groups is 1. The second kappa shape index (κ2) is 5.54. The van der Waals surface area contributed by atoms with Crippen molar-refractivity contribution < 1.29 is 4.74 Å². The number of benzene rings is 2. The van der Waals surface area contributed by atoms with Gasteiger partial charge in [-0.05, 0) is 18.2 Å². The van der Waals surface area contributed by atoms with Crippen LogP contribution < -0.4 is 9.64 Å². The monoisotopic (exact) mass is 315 g/mol. The second-order valence-corrected chi connectivity index (χ2v) is 5.53. The van der Waals surface area contributed by atoms with Gasteiger partial charge in [0.15, 0.2) is 5.75 Å². The smallest absolute Gasteiger partial charge is 0.201 e. The van der Waals surface area contributed by atoms with Crippen molar-refractivity contribution in [3.8, 4) is 11.5 Å². The number of fused-ring (bicyclic) bond motifs is 5. The molecule has 0 spiro atoms. The van der Waals surface area contributed by atoms with Crippen LogP contribution >= 0.6 is 12.4 Å². The maximum absolute atomic E-state index is 6.15. The van der Waals surface area contributed by atoms with Crippen LogP contribution in [0.15, 0.2) is 53.5 Å². The number of nitrogens with zero attached hydrogens (tertiary/aromatic N) is 3. The Hall–Kier alpha value is -2.20. The Morgan fingerprint density at radius 2 is 1.73 bits per heavy atom. The quantitative estimate of drug-likeness (QED) is 0.742. The average molecular weight is 316 g/mol. The molecule has 4 nitrogen and oxygen atoms in total. The molecule has 0 bridgehead atoms. The molecule has 0 N–H and O–H groups in total. The third-order valence-electron chi connectivity index (χ3n) is 3.96. The Balaban J connectivity index is 0.00000144. The van der Waals surface area contributed by atoms with Crippen LogP contribution in [-0.4, -0.2) is 31.5 Å². The number of hydrogen-bond acceptors (Lipinski definition) is 4. The van der Waals surface area contributed by atoms with Crippen molar-refractivity contribution >= 4 is 24.1 Å². The van der Waals surface area contributed by atoms with Crippen LogP contribution in [0, 0.1) is 0 Å². The van der Waals surface area contributed by atoms with Gasteiger partial charge in [-0.15, -0.1) is 12.4 Å². The fourth-order valence-corrected chi connectivity index (χ4v) is 3.05. The summed E-state index contributed by atoms with van der Waals surface area (Å²) in [5.41, 5.74) is 2.26. The molecule has 114 valence electrons. The van der Waals surface area contributed by atoms with Gasteiger partial charge in [0.1, 0.15) is 5.75 Å². The fraction of sp³-hybridized carbons (Fsp3) is 0.235. The molecule has 0 aromatic heterocycles. The van der Waals surface area contributed by atoms with Crippen LogP contribution in [-0.2, 0) is 0 Å². The van der Waals surface area contributed by atoms with Gasteiger partial charge >= 0.3 is 0 Å². The number of aliphatic imine (C=N–C) groups is 1. The van der Waals surface area contributed by atoms with Crippen molar-refractivity contribution in [1.29, 1.82) is 0 Å². The summed E-state index contributed by atoms with van der Waals surface area (Å²) in [6.45, 7) is 0.752. The molecule has 0 fully saturated rings. The van der Waals surface area contributed by atoms with Crippen molar-refractivity contribution in [2.75, 3.05) is 25.5 Å². The van der Waals surface area contributed by atoms with E-state index in [4.69, 9.17) is 9.73 Å². The van der Waals surface area contributed by atoms with Crippen LogP contribution in [0.4, 0.5) is 5.69 Å². The minimum atomic E-state index is 0. The first kappa shape index (κ1) is 14.7. The van der Waals surface area contributed by atoms with E-state index in [-0.39, 0.29) is 18.4 Å². The first-order valence-electron chi connectivity index (χ1n) is 7.12. The van der Waals surface area contributed by atoms with E-state index in [1.807, 2.05) is 44.4 Å². The topological polar surface area (TPSA) is 28.1 Å². The van der Waals surface area contributed by atoms with Crippen molar-refractivity contribution in [3.63, 3.8) is 0 Å².